The fraction of sp³-hybridized carbons (Fsp3) is 0.250. The highest BCUT2D eigenvalue weighted by Crippen LogP contribution is 2.29. The Morgan fingerprint density at radius 3 is 2.77 bits per heavy atom. The van der Waals surface area contributed by atoms with Crippen molar-refractivity contribution >= 4 is 28.8 Å². The van der Waals surface area contributed by atoms with Gasteiger partial charge in [0.05, 0.1) is 25.1 Å². The van der Waals surface area contributed by atoms with Gasteiger partial charge in [-0.05, 0) is 48.0 Å². The second-order valence-electron chi connectivity index (χ2n) is 9.41. The molecule has 1 fully saturated rings. The van der Waals surface area contributed by atoms with Crippen LogP contribution in [0.4, 0.5) is 0 Å². The summed E-state index contributed by atoms with van der Waals surface area (Å²) in [5.74, 6) is 0.156. The number of aromatic nitrogens is 2. The predicted molar refractivity (Wildman–Crippen MR) is 140 cm³/mol. The van der Waals surface area contributed by atoms with Gasteiger partial charge < -0.3 is 34.3 Å². The number of carbonyl (C=O) groups is 3. The average Bonchev–Trinajstić information content (AvgIpc) is 3.59. The first kappa shape index (κ1) is 25.2. The van der Waals surface area contributed by atoms with Crippen molar-refractivity contribution < 1.29 is 33.1 Å². The molecule has 0 spiro atoms. The zero-order chi connectivity index (χ0) is 27.6. The second-order valence-corrected chi connectivity index (χ2v) is 9.41. The summed E-state index contributed by atoms with van der Waals surface area (Å²) in [4.78, 5) is 44.8. The van der Waals surface area contributed by atoms with Crippen molar-refractivity contribution in [3.8, 4) is 17.2 Å². The maximum Gasteiger partial charge on any atom is 0.293 e. The van der Waals surface area contributed by atoms with E-state index in [-0.39, 0.29) is 43.0 Å². The smallest absolute Gasteiger partial charge is 0.293 e. The SMILES string of the molecule is COc1ccc2cc1OCC(=O)NCc1ccc(cc1)O[C@H]1CN(C(=O)c3onc4ncccc34)C[C@@H]1NC2=O. The summed E-state index contributed by atoms with van der Waals surface area (Å²) in [5.41, 5.74) is 1.49. The van der Waals surface area contributed by atoms with Crippen LogP contribution >= 0.6 is 0 Å². The zero-order valence-electron chi connectivity index (χ0n) is 21.5. The fourth-order valence-corrected chi connectivity index (χ4v) is 4.72. The minimum absolute atomic E-state index is 0.0756. The number of rotatable bonds is 2. The number of fused-ring (bicyclic) bond motifs is 8. The minimum Gasteiger partial charge on any atom is -0.493 e. The molecule has 7 rings (SSSR count). The van der Waals surface area contributed by atoms with Gasteiger partial charge in [-0.2, -0.15) is 0 Å². The predicted octanol–water partition coefficient (Wildman–Crippen LogP) is 1.94. The molecule has 0 unspecified atom stereocenters. The molecule has 2 N–H and O–H groups in total. The summed E-state index contributed by atoms with van der Waals surface area (Å²) in [6.45, 7) is 0.416. The van der Waals surface area contributed by atoms with E-state index in [9.17, 15) is 14.4 Å². The first-order valence-electron chi connectivity index (χ1n) is 12.6. The molecule has 2 atom stereocenters. The number of pyridine rings is 1. The third-order valence-corrected chi connectivity index (χ3v) is 6.80. The summed E-state index contributed by atoms with van der Waals surface area (Å²) in [5, 5.41) is 10.2. The summed E-state index contributed by atoms with van der Waals surface area (Å²) in [6.07, 6.45) is 1.01. The van der Waals surface area contributed by atoms with Crippen LogP contribution in [-0.2, 0) is 11.3 Å². The molecule has 4 aromatic rings. The van der Waals surface area contributed by atoms with Crippen molar-refractivity contribution in [1.82, 2.24) is 25.7 Å². The lowest BCUT2D eigenvalue weighted by atomic mass is 10.1. The van der Waals surface area contributed by atoms with E-state index in [0.717, 1.165) is 5.56 Å². The van der Waals surface area contributed by atoms with Crippen molar-refractivity contribution in [3.05, 3.63) is 77.7 Å². The Labute approximate surface area is 228 Å². The number of nitrogens with one attached hydrogen (secondary N) is 2. The summed E-state index contributed by atoms with van der Waals surface area (Å²) in [7, 11) is 1.47. The van der Waals surface area contributed by atoms with E-state index in [1.807, 2.05) is 12.1 Å². The van der Waals surface area contributed by atoms with Crippen LogP contribution < -0.4 is 24.8 Å². The molecule has 3 aliphatic rings. The Morgan fingerprint density at radius 1 is 1.10 bits per heavy atom. The first-order chi connectivity index (χ1) is 19.5. The lowest BCUT2D eigenvalue weighted by Gasteiger charge is -2.21. The van der Waals surface area contributed by atoms with Crippen LogP contribution in [0.5, 0.6) is 17.2 Å². The van der Waals surface area contributed by atoms with Gasteiger partial charge in [-0.1, -0.05) is 17.3 Å². The maximum absolute atomic E-state index is 13.5. The summed E-state index contributed by atoms with van der Waals surface area (Å²) in [6, 6.07) is 14.8. The average molecular weight is 544 g/mol. The number of ether oxygens (including phenoxy) is 3. The van der Waals surface area contributed by atoms with Gasteiger partial charge >= 0.3 is 0 Å². The van der Waals surface area contributed by atoms with Crippen LogP contribution in [0.3, 0.4) is 0 Å². The molecule has 40 heavy (non-hydrogen) atoms. The van der Waals surface area contributed by atoms with Gasteiger partial charge in [-0.25, -0.2) is 4.98 Å². The Hall–Kier alpha value is -5.13. The molecular weight excluding hydrogens is 518 g/mol. The molecule has 3 aliphatic heterocycles. The molecular formula is C28H25N5O7. The molecule has 4 bridgehead atoms. The molecule has 0 saturated carbocycles. The minimum atomic E-state index is -0.560. The van der Waals surface area contributed by atoms with Gasteiger partial charge in [0.1, 0.15) is 11.9 Å². The van der Waals surface area contributed by atoms with E-state index in [1.165, 1.54) is 13.2 Å². The van der Waals surface area contributed by atoms with Gasteiger partial charge in [0.2, 0.25) is 11.4 Å². The molecule has 3 amide bonds. The highest BCUT2D eigenvalue weighted by molar-refractivity contribution is 6.03. The lowest BCUT2D eigenvalue weighted by molar-refractivity contribution is -0.123. The second kappa shape index (κ2) is 10.6. The van der Waals surface area contributed by atoms with Crippen LogP contribution in [0, 0.1) is 0 Å². The van der Waals surface area contributed by atoms with Crippen molar-refractivity contribution in [1.29, 1.82) is 0 Å². The van der Waals surface area contributed by atoms with Crippen molar-refractivity contribution in [2.45, 2.75) is 18.7 Å². The molecule has 2 aromatic carbocycles. The molecule has 5 heterocycles. The lowest BCUT2D eigenvalue weighted by Crippen LogP contribution is -2.45. The van der Waals surface area contributed by atoms with E-state index in [0.29, 0.717) is 34.6 Å². The van der Waals surface area contributed by atoms with E-state index in [1.54, 1.807) is 47.5 Å². The Morgan fingerprint density at radius 2 is 1.95 bits per heavy atom. The van der Waals surface area contributed by atoms with E-state index in [2.05, 4.69) is 20.8 Å². The first-order valence-corrected chi connectivity index (χ1v) is 12.6. The number of methoxy groups -OCH3 is 1. The van der Waals surface area contributed by atoms with Gasteiger partial charge in [-0.3, -0.25) is 14.4 Å². The third-order valence-electron chi connectivity index (χ3n) is 6.80. The van der Waals surface area contributed by atoms with Crippen LogP contribution in [0.2, 0.25) is 0 Å². The maximum atomic E-state index is 13.5. The molecule has 0 aliphatic carbocycles. The zero-order valence-corrected chi connectivity index (χ0v) is 21.5. The van der Waals surface area contributed by atoms with Crippen LogP contribution in [-0.4, -0.2) is 71.7 Å². The largest absolute Gasteiger partial charge is 0.493 e. The van der Waals surface area contributed by atoms with E-state index >= 15 is 0 Å². The highest BCUT2D eigenvalue weighted by Gasteiger charge is 2.40. The number of nitrogens with zero attached hydrogens (tertiary/aromatic N) is 3. The number of hydrogen-bond donors (Lipinski definition) is 2. The van der Waals surface area contributed by atoms with Crippen LogP contribution in [0.25, 0.3) is 11.0 Å². The van der Waals surface area contributed by atoms with Crippen molar-refractivity contribution in [2.75, 3.05) is 26.8 Å². The van der Waals surface area contributed by atoms with Crippen LogP contribution in [0.1, 0.15) is 26.5 Å². The fourth-order valence-electron chi connectivity index (χ4n) is 4.72. The topological polar surface area (TPSA) is 145 Å². The quantitative estimate of drug-likeness (QED) is 0.387. The normalized spacial score (nSPS) is 19.2. The van der Waals surface area contributed by atoms with Gasteiger partial charge in [-0.15, -0.1) is 0 Å². The number of carbonyl (C=O) groups excluding carboxylic acids is 3. The number of likely N-dealkylation sites (tertiary alicyclic amines) is 1. The van der Waals surface area contributed by atoms with Gasteiger partial charge in [0.15, 0.2) is 18.1 Å². The monoisotopic (exact) mass is 543 g/mol. The molecule has 12 nitrogen and oxygen atoms in total. The molecule has 12 heteroatoms. The summed E-state index contributed by atoms with van der Waals surface area (Å²) >= 11 is 0. The number of hydrogen-bond acceptors (Lipinski definition) is 9. The number of amides is 3. The van der Waals surface area contributed by atoms with Crippen molar-refractivity contribution in [2.24, 2.45) is 0 Å². The molecule has 0 radical (unpaired) electrons. The van der Waals surface area contributed by atoms with Crippen molar-refractivity contribution in [3.63, 3.8) is 0 Å². The molecule has 204 valence electrons. The summed E-state index contributed by atoms with van der Waals surface area (Å²) < 4.78 is 22.6. The highest BCUT2D eigenvalue weighted by atomic mass is 16.5. The molecule has 1 saturated heterocycles. The van der Waals surface area contributed by atoms with E-state index < -0.39 is 18.1 Å². The van der Waals surface area contributed by atoms with E-state index in [4.69, 9.17) is 18.7 Å². The standard InChI is InChI=1S/C28H25N5O7/c1-37-21-9-6-17-11-22(21)38-15-24(34)30-12-16-4-7-18(8-5-16)39-23-14-33(13-20(23)31-27(17)35)28(36)25-19-3-2-10-29-26(19)32-40-25/h2-11,20,23H,12-15H2,1H3,(H,30,34)(H,31,35)/t20-,23-/m0/s1. The number of benzene rings is 2. The Bertz CT molecular complexity index is 1590. The Balaban J connectivity index is 1.31. The van der Waals surface area contributed by atoms with Gasteiger partial charge in [0.25, 0.3) is 17.7 Å². The van der Waals surface area contributed by atoms with Gasteiger partial charge in [0, 0.05) is 24.8 Å². The molecule has 2 aromatic heterocycles. The van der Waals surface area contributed by atoms with Crippen LogP contribution in [0.15, 0.2) is 65.3 Å². The third kappa shape index (κ3) is 4.98. The Kier molecular flexibility index (Phi) is 6.64.